The molecule has 3 heterocycles. The van der Waals surface area contributed by atoms with Crippen molar-refractivity contribution in [2.45, 2.75) is 51.5 Å². The molecule has 1 fully saturated rings. The first-order chi connectivity index (χ1) is 15.6. The highest BCUT2D eigenvalue weighted by atomic mass is 16.3. The third-order valence-electron chi connectivity index (χ3n) is 6.80. The Morgan fingerprint density at radius 1 is 1.19 bits per heavy atom. The largest absolute Gasteiger partial charge is 0.394 e. The van der Waals surface area contributed by atoms with Crippen LogP contribution < -0.4 is 10.2 Å². The fraction of sp³-hybridized carbons (Fsp3) is 0.440. The molecule has 7 nitrogen and oxygen atoms in total. The summed E-state index contributed by atoms with van der Waals surface area (Å²) in [6, 6.07) is 12.7. The number of nitrogens with one attached hydrogen (secondary N) is 1. The molecule has 1 saturated carbocycles. The van der Waals surface area contributed by atoms with Gasteiger partial charge in [0.15, 0.2) is 0 Å². The van der Waals surface area contributed by atoms with Gasteiger partial charge < -0.3 is 20.4 Å². The number of aliphatic hydroxyl groups excluding tert-OH is 2. The lowest BCUT2D eigenvalue weighted by atomic mass is 9.79. The van der Waals surface area contributed by atoms with E-state index in [1.807, 2.05) is 43.7 Å². The highest BCUT2D eigenvalue weighted by Crippen LogP contribution is 2.51. The Labute approximate surface area is 188 Å². The highest BCUT2D eigenvalue weighted by molar-refractivity contribution is 5.71. The molecule has 5 rings (SSSR count). The van der Waals surface area contributed by atoms with E-state index in [1.165, 1.54) is 12.8 Å². The molecule has 4 atom stereocenters. The summed E-state index contributed by atoms with van der Waals surface area (Å²) in [5.41, 5.74) is 4.32. The zero-order valence-electron chi connectivity index (χ0n) is 18.6. The quantitative estimate of drug-likeness (QED) is 0.527. The summed E-state index contributed by atoms with van der Waals surface area (Å²) in [5.74, 6) is 1.76. The highest BCUT2D eigenvalue weighted by Gasteiger charge is 2.47. The summed E-state index contributed by atoms with van der Waals surface area (Å²) in [4.78, 5) is 6.73. The topological polar surface area (TPSA) is 86.4 Å². The number of hydrogen-bond acceptors (Lipinski definition) is 6. The van der Waals surface area contributed by atoms with Gasteiger partial charge in [0.05, 0.1) is 25.4 Å². The van der Waals surface area contributed by atoms with E-state index >= 15 is 0 Å². The lowest BCUT2D eigenvalue weighted by molar-refractivity contribution is 0.151. The maximum absolute atomic E-state index is 10.8. The van der Waals surface area contributed by atoms with E-state index in [0.717, 1.165) is 28.2 Å². The van der Waals surface area contributed by atoms with Gasteiger partial charge in [-0.25, -0.2) is 4.98 Å². The van der Waals surface area contributed by atoms with Gasteiger partial charge in [0.25, 0.3) is 0 Å². The van der Waals surface area contributed by atoms with Crippen molar-refractivity contribution in [2.24, 2.45) is 11.8 Å². The molecule has 1 unspecified atom stereocenters. The molecular weight excluding hydrogens is 402 g/mol. The van der Waals surface area contributed by atoms with Crippen LogP contribution in [0.2, 0.25) is 0 Å². The first kappa shape index (κ1) is 21.0. The minimum absolute atomic E-state index is 0.0603. The number of pyridine rings is 1. The van der Waals surface area contributed by atoms with Crippen LogP contribution in [0.3, 0.4) is 0 Å². The van der Waals surface area contributed by atoms with E-state index in [2.05, 4.69) is 45.4 Å². The van der Waals surface area contributed by atoms with Gasteiger partial charge in [0, 0.05) is 35.6 Å². The smallest absolute Gasteiger partial charge is 0.126 e. The monoisotopic (exact) mass is 433 g/mol. The Hall–Kier alpha value is -2.90. The van der Waals surface area contributed by atoms with Gasteiger partial charge in [-0.2, -0.15) is 5.10 Å². The van der Waals surface area contributed by atoms with E-state index < -0.39 is 6.23 Å². The second-order valence-electron chi connectivity index (χ2n) is 9.05. The minimum Gasteiger partial charge on any atom is -0.394 e. The predicted molar refractivity (Wildman–Crippen MR) is 125 cm³/mol. The van der Waals surface area contributed by atoms with E-state index in [1.54, 1.807) is 4.68 Å². The lowest BCUT2D eigenvalue weighted by Crippen LogP contribution is -2.52. The Morgan fingerprint density at radius 2 is 2.03 bits per heavy atom. The zero-order chi connectivity index (χ0) is 22.2. The number of benzene rings is 1. The molecule has 2 aromatic heterocycles. The van der Waals surface area contributed by atoms with Crippen molar-refractivity contribution >= 4 is 11.5 Å². The molecular formula is C25H31N5O2. The third kappa shape index (κ3) is 3.87. The van der Waals surface area contributed by atoms with Crippen molar-refractivity contribution in [3.05, 3.63) is 60.6 Å². The lowest BCUT2D eigenvalue weighted by Gasteiger charge is -2.48. The summed E-state index contributed by atoms with van der Waals surface area (Å²) < 4.78 is 1.76. The van der Waals surface area contributed by atoms with Crippen molar-refractivity contribution in [1.82, 2.24) is 14.8 Å². The predicted octanol–water partition coefficient (Wildman–Crippen LogP) is 3.66. The number of nitrogens with zero attached hydrogens (tertiary/aromatic N) is 4. The number of anilines is 2. The van der Waals surface area contributed by atoms with Gasteiger partial charge in [-0.3, -0.25) is 4.68 Å². The van der Waals surface area contributed by atoms with Crippen molar-refractivity contribution in [3.8, 4) is 11.1 Å². The normalized spacial score (nSPS) is 23.6. The number of aliphatic hydroxyl groups is 2. The summed E-state index contributed by atoms with van der Waals surface area (Å²) in [6.07, 6.45) is 7.48. The average Bonchev–Trinajstić information content (AvgIpc) is 3.53. The van der Waals surface area contributed by atoms with Gasteiger partial charge in [-0.1, -0.05) is 19.1 Å². The summed E-state index contributed by atoms with van der Waals surface area (Å²) in [7, 11) is 0. The SMILES string of the molecule is CC(O)N1c2ccc(-c3cnn(CCO)c3)cc2[C@H](Nc2ccccn2)[C@@H](C)[C@@H]1C1CC1. The number of rotatable bonds is 7. The third-order valence-corrected chi connectivity index (χ3v) is 6.80. The van der Waals surface area contributed by atoms with Crippen molar-refractivity contribution in [1.29, 1.82) is 0 Å². The van der Waals surface area contributed by atoms with Crippen LogP contribution >= 0.6 is 0 Å². The molecule has 0 spiro atoms. The number of hydrogen-bond donors (Lipinski definition) is 3. The molecule has 32 heavy (non-hydrogen) atoms. The molecule has 0 amide bonds. The fourth-order valence-electron chi connectivity index (χ4n) is 5.21. The minimum atomic E-state index is -0.559. The van der Waals surface area contributed by atoms with Crippen molar-refractivity contribution in [3.63, 3.8) is 0 Å². The Bertz CT molecular complexity index is 1060. The van der Waals surface area contributed by atoms with Crippen LogP contribution in [0.1, 0.15) is 38.3 Å². The average molecular weight is 434 g/mol. The van der Waals surface area contributed by atoms with Crippen LogP contribution in [-0.4, -0.2) is 43.9 Å². The van der Waals surface area contributed by atoms with Crippen molar-refractivity contribution < 1.29 is 10.2 Å². The van der Waals surface area contributed by atoms with Crippen LogP contribution in [0.25, 0.3) is 11.1 Å². The summed E-state index contributed by atoms with van der Waals surface area (Å²) in [5, 5.41) is 28.0. The number of fused-ring (bicyclic) bond motifs is 1. The van der Waals surface area contributed by atoms with Gasteiger partial charge in [0.1, 0.15) is 12.0 Å². The second kappa shape index (κ2) is 8.56. The van der Waals surface area contributed by atoms with Gasteiger partial charge in [-0.15, -0.1) is 0 Å². The number of aromatic nitrogens is 3. The van der Waals surface area contributed by atoms with Gasteiger partial charge in [0.2, 0.25) is 0 Å². The summed E-state index contributed by atoms with van der Waals surface area (Å²) in [6.45, 7) is 4.69. The molecule has 168 valence electrons. The Kier molecular flexibility index (Phi) is 5.61. The van der Waals surface area contributed by atoms with Crippen LogP contribution in [0, 0.1) is 11.8 Å². The molecule has 1 aliphatic heterocycles. The van der Waals surface area contributed by atoms with E-state index in [0.29, 0.717) is 18.4 Å². The first-order valence-electron chi connectivity index (χ1n) is 11.5. The van der Waals surface area contributed by atoms with Crippen molar-refractivity contribution in [2.75, 3.05) is 16.8 Å². The molecule has 0 bridgehead atoms. The van der Waals surface area contributed by atoms with Crippen LogP contribution in [0.15, 0.2) is 55.0 Å². The van der Waals surface area contributed by atoms with Crippen LogP contribution in [0.5, 0.6) is 0 Å². The van der Waals surface area contributed by atoms with Crippen LogP contribution in [-0.2, 0) is 6.54 Å². The molecule has 2 aliphatic rings. The molecule has 7 heteroatoms. The maximum Gasteiger partial charge on any atom is 0.126 e. The molecule has 0 saturated heterocycles. The van der Waals surface area contributed by atoms with Crippen LogP contribution in [0.4, 0.5) is 11.5 Å². The molecule has 1 aromatic carbocycles. The van der Waals surface area contributed by atoms with E-state index in [-0.39, 0.29) is 18.7 Å². The van der Waals surface area contributed by atoms with E-state index in [9.17, 15) is 10.2 Å². The second-order valence-corrected chi connectivity index (χ2v) is 9.05. The van der Waals surface area contributed by atoms with Gasteiger partial charge in [-0.05, 0) is 61.1 Å². The molecule has 1 aliphatic carbocycles. The Balaban J connectivity index is 1.59. The summed E-state index contributed by atoms with van der Waals surface area (Å²) >= 11 is 0. The zero-order valence-corrected chi connectivity index (χ0v) is 18.6. The van der Waals surface area contributed by atoms with E-state index in [4.69, 9.17) is 0 Å². The maximum atomic E-state index is 10.8. The van der Waals surface area contributed by atoms with Gasteiger partial charge >= 0.3 is 0 Å². The Morgan fingerprint density at radius 3 is 2.72 bits per heavy atom. The molecule has 3 N–H and O–H groups in total. The molecule has 0 radical (unpaired) electrons. The molecule has 3 aromatic rings. The first-order valence-corrected chi connectivity index (χ1v) is 11.5. The standard InChI is InChI=1S/C25H31N5O2/c1-16-24(28-23-5-3-4-10-26-23)21-13-19(20-14-27-29(15-20)11-12-31)8-9-22(21)30(17(2)32)25(16)18-6-7-18/h3-5,8-10,13-18,24-25,31-32H,6-7,11-12H2,1-2H3,(H,26,28)/t16-,17?,24-,25-/m1/s1. The fourth-order valence-corrected chi connectivity index (χ4v) is 5.21.